The van der Waals surface area contributed by atoms with Crippen LogP contribution in [0.3, 0.4) is 0 Å². The number of hydrogen-bond donors (Lipinski definition) is 0. The van der Waals surface area contributed by atoms with Gasteiger partial charge >= 0.3 is 0 Å². The van der Waals surface area contributed by atoms with Crippen molar-refractivity contribution < 1.29 is 9.47 Å². The minimum atomic E-state index is 0.222. The molecule has 4 aromatic rings. The molecule has 1 fully saturated rings. The normalized spacial score (nSPS) is 18.0. The monoisotopic (exact) mass is 449 g/mol. The maximum Gasteiger partial charge on any atom is 0.187 e. The van der Waals surface area contributed by atoms with Crippen LogP contribution in [0, 0.1) is 6.57 Å². The van der Waals surface area contributed by atoms with E-state index in [0.29, 0.717) is 5.69 Å². The predicted octanol–water partition coefficient (Wildman–Crippen LogP) is 6.74. The van der Waals surface area contributed by atoms with Crippen molar-refractivity contribution in [2.45, 2.75) is 26.1 Å². The van der Waals surface area contributed by atoms with E-state index in [0.717, 1.165) is 52.0 Å². The quantitative estimate of drug-likeness (QED) is 0.323. The third kappa shape index (κ3) is 4.09. The second-order valence-electron chi connectivity index (χ2n) is 8.77. The number of ether oxygens (including phenoxy) is 2. The number of morpholine rings is 1. The molecule has 170 valence electrons. The van der Waals surface area contributed by atoms with Crippen LogP contribution in [0.2, 0.25) is 0 Å². The van der Waals surface area contributed by atoms with Crippen molar-refractivity contribution in [2.75, 3.05) is 25.1 Å². The second-order valence-corrected chi connectivity index (χ2v) is 8.77. The molecule has 1 saturated heterocycles. The van der Waals surface area contributed by atoms with Gasteiger partial charge in [-0.2, -0.15) is 0 Å². The highest BCUT2D eigenvalue weighted by Crippen LogP contribution is 2.39. The first-order valence-corrected chi connectivity index (χ1v) is 11.5. The van der Waals surface area contributed by atoms with Crippen LogP contribution in [0.4, 0.5) is 11.4 Å². The fraction of sp³-hybridized carbons (Fsp3) is 0.241. The van der Waals surface area contributed by atoms with Gasteiger partial charge in [-0.1, -0.05) is 48.5 Å². The SMILES string of the molecule is [C-]#[N+]c1ccc(-c2cccc3c(OC)c(-c4ccc(N5C[C@@H](C)O[C@@H](C)C5)cc4)cnc23)cc1. The Morgan fingerprint density at radius 3 is 2.21 bits per heavy atom. The number of rotatable bonds is 4. The Kier molecular flexibility index (Phi) is 5.91. The van der Waals surface area contributed by atoms with Crippen LogP contribution < -0.4 is 9.64 Å². The zero-order valence-corrected chi connectivity index (χ0v) is 19.7. The lowest BCUT2D eigenvalue weighted by Gasteiger charge is -2.36. The van der Waals surface area contributed by atoms with Gasteiger partial charge in [0.15, 0.2) is 5.69 Å². The number of nitrogens with zero attached hydrogens (tertiary/aromatic N) is 3. The number of pyridine rings is 1. The van der Waals surface area contributed by atoms with Gasteiger partial charge in [0.05, 0.1) is 31.4 Å². The van der Waals surface area contributed by atoms with Crippen molar-refractivity contribution in [1.82, 2.24) is 4.98 Å². The number of hydrogen-bond acceptors (Lipinski definition) is 4. The predicted molar refractivity (Wildman–Crippen MR) is 138 cm³/mol. The summed E-state index contributed by atoms with van der Waals surface area (Å²) in [4.78, 5) is 10.7. The smallest absolute Gasteiger partial charge is 0.187 e. The summed E-state index contributed by atoms with van der Waals surface area (Å²) in [5.74, 6) is 0.811. The van der Waals surface area contributed by atoms with Gasteiger partial charge in [-0.15, -0.1) is 0 Å². The minimum absolute atomic E-state index is 0.222. The molecule has 0 unspecified atom stereocenters. The molecule has 5 rings (SSSR count). The van der Waals surface area contributed by atoms with Gasteiger partial charge < -0.3 is 14.4 Å². The van der Waals surface area contributed by atoms with Crippen molar-refractivity contribution in [2.24, 2.45) is 0 Å². The van der Waals surface area contributed by atoms with E-state index in [1.165, 1.54) is 5.69 Å². The Morgan fingerprint density at radius 2 is 1.56 bits per heavy atom. The zero-order valence-electron chi connectivity index (χ0n) is 19.7. The molecular weight excluding hydrogens is 422 g/mol. The molecule has 5 nitrogen and oxygen atoms in total. The first kappa shape index (κ1) is 21.9. The largest absolute Gasteiger partial charge is 0.495 e. The molecule has 0 amide bonds. The van der Waals surface area contributed by atoms with Gasteiger partial charge in [-0.25, -0.2) is 4.85 Å². The molecule has 1 aliphatic rings. The fourth-order valence-corrected chi connectivity index (χ4v) is 4.81. The number of para-hydroxylation sites is 1. The first-order valence-electron chi connectivity index (χ1n) is 11.5. The highest BCUT2D eigenvalue weighted by Gasteiger charge is 2.22. The highest BCUT2D eigenvalue weighted by atomic mass is 16.5. The molecule has 5 heteroatoms. The molecule has 0 saturated carbocycles. The van der Waals surface area contributed by atoms with E-state index in [-0.39, 0.29) is 12.2 Å². The van der Waals surface area contributed by atoms with E-state index in [1.807, 2.05) is 42.6 Å². The van der Waals surface area contributed by atoms with Crippen LogP contribution in [0.25, 0.3) is 38.0 Å². The lowest BCUT2D eigenvalue weighted by molar-refractivity contribution is -0.00521. The molecule has 0 N–H and O–H groups in total. The molecule has 1 aromatic heterocycles. The van der Waals surface area contributed by atoms with E-state index in [4.69, 9.17) is 21.0 Å². The molecule has 0 spiro atoms. The third-order valence-electron chi connectivity index (χ3n) is 6.32. The van der Waals surface area contributed by atoms with Crippen LogP contribution in [0.1, 0.15) is 13.8 Å². The second kappa shape index (κ2) is 9.17. The molecule has 2 heterocycles. The lowest BCUT2D eigenvalue weighted by atomic mass is 9.98. The average molecular weight is 450 g/mol. The van der Waals surface area contributed by atoms with Gasteiger partial charge in [0.2, 0.25) is 0 Å². The van der Waals surface area contributed by atoms with Crippen LogP contribution in [-0.2, 0) is 4.74 Å². The Morgan fingerprint density at radius 1 is 0.912 bits per heavy atom. The number of methoxy groups -OCH3 is 1. The summed E-state index contributed by atoms with van der Waals surface area (Å²) < 4.78 is 11.8. The molecule has 0 bridgehead atoms. The van der Waals surface area contributed by atoms with E-state index in [9.17, 15) is 0 Å². The zero-order chi connectivity index (χ0) is 23.7. The third-order valence-corrected chi connectivity index (χ3v) is 6.32. The number of aromatic nitrogens is 1. The maximum atomic E-state index is 7.19. The van der Waals surface area contributed by atoms with Crippen molar-refractivity contribution >= 4 is 22.3 Å². The van der Waals surface area contributed by atoms with Crippen molar-refractivity contribution in [3.63, 3.8) is 0 Å². The van der Waals surface area contributed by atoms with Gasteiger partial charge in [0.1, 0.15) is 5.75 Å². The molecule has 2 atom stereocenters. The molecule has 3 aromatic carbocycles. The number of benzene rings is 3. The summed E-state index contributed by atoms with van der Waals surface area (Å²) in [7, 11) is 1.71. The Labute approximate surface area is 200 Å². The van der Waals surface area contributed by atoms with Crippen LogP contribution in [0.15, 0.2) is 72.9 Å². The van der Waals surface area contributed by atoms with E-state index in [1.54, 1.807) is 7.11 Å². The molecule has 1 aliphatic heterocycles. The molecule has 34 heavy (non-hydrogen) atoms. The van der Waals surface area contributed by atoms with E-state index in [2.05, 4.69) is 53.9 Å². The summed E-state index contributed by atoms with van der Waals surface area (Å²) in [6.07, 6.45) is 2.34. The summed E-state index contributed by atoms with van der Waals surface area (Å²) >= 11 is 0. The average Bonchev–Trinajstić information content (AvgIpc) is 2.87. The molecular formula is C29H27N3O2. The number of fused-ring (bicyclic) bond motifs is 1. The molecule has 0 radical (unpaired) electrons. The van der Waals surface area contributed by atoms with E-state index < -0.39 is 0 Å². The highest BCUT2D eigenvalue weighted by molar-refractivity contribution is 6.00. The van der Waals surface area contributed by atoms with Gasteiger partial charge in [0.25, 0.3) is 0 Å². The fourth-order valence-electron chi connectivity index (χ4n) is 4.81. The number of anilines is 1. The van der Waals surface area contributed by atoms with Crippen molar-refractivity contribution in [3.05, 3.63) is 84.3 Å². The first-order chi connectivity index (χ1) is 16.6. The maximum absolute atomic E-state index is 7.19. The van der Waals surface area contributed by atoms with Gasteiger partial charge in [-0.3, -0.25) is 4.98 Å². The topological polar surface area (TPSA) is 39.0 Å². The van der Waals surface area contributed by atoms with Gasteiger partial charge in [0, 0.05) is 41.5 Å². The van der Waals surface area contributed by atoms with E-state index >= 15 is 0 Å². The van der Waals surface area contributed by atoms with Crippen LogP contribution in [-0.4, -0.2) is 37.4 Å². The summed E-state index contributed by atoms with van der Waals surface area (Å²) in [5, 5.41) is 0.965. The van der Waals surface area contributed by atoms with Crippen LogP contribution >= 0.6 is 0 Å². The Bertz CT molecular complexity index is 1350. The Balaban J connectivity index is 1.52. The lowest BCUT2D eigenvalue weighted by Crippen LogP contribution is -2.45. The minimum Gasteiger partial charge on any atom is -0.495 e. The molecule has 0 aliphatic carbocycles. The van der Waals surface area contributed by atoms with Crippen molar-refractivity contribution in [3.8, 4) is 28.0 Å². The van der Waals surface area contributed by atoms with Crippen LogP contribution in [0.5, 0.6) is 5.75 Å². The summed E-state index contributed by atoms with van der Waals surface area (Å²) in [6.45, 7) is 13.2. The van der Waals surface area contributed by atoms with Gasteiger partial charge in [-0.05, 0) is 43.2 Å². The van der Waals surface area contributed by atoms with Crippen molar-refractivity contribution in [1.29, 1.82) is 0 Å². The summed E-state index contributed by atoms with van der Waals surface area (Å²) in [6, 6.07) is 22.3. The Hall–Kier alpha value is -3.88. The standard InChI is InChI=1S/C29H27N3O2/c1-19-17-32(18-20(2)34-19)24-14-10-22(11-15-24)27-16-31-28-25(6-5-7-26(28)29(27)33-4)21-8-12-23(30-3)13-9-21/h5-16,19-20H,17-18H2,1-2,4H3/t19-,20+. The summed E-state index contributed by atoms with van der Waals surface area (Å²) in [5.41, 5.74) is 6.78.